The second kappa shape index (κ2) is 8.92. The number of halogens is 1. The van der Waals surface area contributed by atoms with Gasteiger partial charge in [-0.25, -0.2) is 4.39 Å². The van der Waals surface area contributed by atoms with Gasteiger partial charge >= 0.3 is 0 Å². The summed E-state index contributed by atoms with van der Waals surface area (Å²) in [5.74, 6) is 1.07. The summed E-state index contributed by atoms with van der Waals surface area (Å²) >= 11 is 0. The van der Waals surface area contributed by atoms with Crippen molar-refractivity contribution in [2.45, 2.75) is 19.4 Å². The van der Waals surface area contributed by atoms with Crippen LogP contribution >= 0.6 is 0 Å². The van der Waals surface area contributed by atoms with Gasteiger partial charge in [-0.1, -0.05) is 18.2 Å². The molecule has 0 fully saturated rings. The third-order valence-electron chi connectivity index (χ3n) is 3.84. The van der Waals surface area contributed by atoms with Crippen LogP contribution in [0.25, 0.3) is 0 Å². The first-order valence-electron chi connectivity index (χ1n) is 7.88. The molecule has 0 bridgehead atoms. The second-order valence-electron chi connectivity index (χ2n) is 5.36. The van der Waals surface area contributed by atoms with E-state index < -0.39 is 0 Å². The van der Waals surface area contributed by atoms with Gasteiger partial charge in [-0.3, -0.25) is 4.79 Å². The van der Waals surface area contributed by atoms with E-state index in [9.17, 15) is 9.18 Å². The first kappa shape index (κ1) is 18.6. The zero-order valence-corrected chi connectivity index (χ0v) is 14.6. The van der Waals surface area contributed by atoms with E-state index in [0.717, 1.165) is 5.56 Å². The predicted octanol–water partition coefficient (Wildman–Crippen LogP) is 3.10. The molecule has 0 spiro atoms. The Hall–Kier alpha value is -2.76. The molecule has 0 aliphatic carbocycles. The van der Waals surface area contributed by atoms with Crippen molar-refractivity contribution >= 4 is 5.91 Å². The molecule has 5 nitrogen and oxygen atoms in total. The van der Waals surface area contributed by atoms with E-state index in [4.69, 9.17) is 14.2 Å². The number of hydrogen-bond acceptors (Lipinski definition) is 4. The van der Waals surface area contributed by atoms with Crippen molar-refractivity contribution < 1.29 is 23.4 Å². The van der Waals surface area contributed by atoms with E-state index in [0.29, 0.717) is 29.2 Å². The molecular weight excluding hydrogens is 325 g/mol. The minimum atomic E-state index is -0.295. The van der Waals surface area contributed by atoms with Crippen LogP contribution in [0.1, 0.15) is 17.5 Å². The van der Waals surface area contributed by atoms with Gasteiger partial charge < -0.3 is 19.5 Å². The van der Waals surface area contributed by atoms with Gasteiger partial charge in [-0.2, -0.15) is 0 Å². The summed E-state index contributed by atoms with van der Waals surface area (Å²) in [6.07, 6.45) is 0.554. The molecular formula is C19H22FNO4. The molecule has 6 heteroatoms. The predicted molar refractivity (Wildman–Crippen MR) is 92.7 cm³/mol. The summed E-state index contributed by atoms with van der Waals surface area (Å²) in [6.45, 7) is 0.277. The van der Waals surface area contributed by atoms with E-state index in [-0.39, 0.29) is 24.7 Å². The summed E-state index contributed by atoms with van der Waals surface area (Å²) < 4.78 is 29.5. The molecule has 2 rings (SSSR count). The van der Waals surface area contributed by atoms with Crippen LogP contribution in [0.5, 0.6) is 17.2 Å². The Morgan fingerprint density at radius 2 is 1.68 bits per heavy atom. The van der Waals surface area contributed by atoms with Crippen molar-refractivity contribution in [2.24, 2.45) is 0 Å². The maximum absolute atomic E-state index is 13.6. The Morgan fingerprint density at radius 3 is 2.32 bits per heavy atom. The maximum atomic E-state index is 13.6. The van der Waals surface area contributed by atoms with Gasteiger partial charge in [-0.05, 0) is 30.2 Å². The lowest BCUT2D eigenvalue weighted by Gasteiger charge is -2.16. The van der Waals surface area contributed by atoms with Crippen LogP contribution in [-0.2, 0) is 17.8 Å². The number of rotatable bonds is 8. The standard InChI is InChI=1S/C19H22FNO4/c1-23-16-10-8-14(18(24-2)19(16)25-3)12-21-17(22)11-9-13-6-4-5-7-15(13)20/h4-8,10H,9,11-12H2,1-3H3,(H,21,22). The molecule has 2 aromatic carbocycles. The molecule has 0 aliphatic heterocycles. The molecule has 1 amide bonds. The number of carbonyl (C=O) groups excluding carboxylic acids is 1. The number of nitrogens with one attached hydrogen (secondary N) is 1. The summed E-state index contributed by atoms with van der Waals surface area (Å²) in [7, 11) is 4.60. The van der Waals surface area contributed by atoms with Crippen molar-refractivity contribution in [1.82, 2.24) is 5.32 Å². The number of benzene rings is 2. The van der Waals surface area contributed by atoms with Crippen LogP contribution in [-0.4, -0.2) is 27.2 Å². The quantitative estimate of drug-likeness (QED) is 0.797. The van der Waals surface area contributed by atoms with Crippen LogP contribution in [0.15, 0.2) is 36.4 Å². The number of methoxy groups -OCH3 is 3. The maximum Gasteiger partial charge on any atom is 0.220 e. The Morgan fingerprint density at radius 1 is 0.960 bits per heavy atom. The first-order valence-corrected chi connectivity index (χ1v) is 7.88. The fourth-order valence-corrected chi connectivity index (χ4v) is 2.53. The highest BCUT2D eigenvalue weighted by atomic mass is 19.1. The lowest BCUT2D eigenvalue weighted by molar-refractivity contribution is -0.121. The lowest BCUT2D eigenvalue weighted by Crippen LogP contribution is -2.23. The number of ether oxygens (including phenoxy) is 3. The zero-order valence-electron chi connectivity index (χ0n) is 14.6. The minimum Gasteiger partial charge on any atom is -0.493 e. The molecule has 0 heterocycles. The molecule has 0 aromatic heterocycles. The Kier molecular flexibility index (Phi) is 6.62. The van der Waals surface area contributed by atoms with E-state index in [1.165, 1.54) is 20.3 Å². The lowest BCUT2D eigenvalue weighted by atomic mass is 10.1. The molecule has 0 saturated heterocycles. The summed E-state index contributed by atoms with van der Waals surface area (Å²) in [6, 6.07) is 10.0. The van der Waals surface area contributed by atoms with Crippen molar-refractivity contribution in [3.05, 3.63) is 53.3 Å². The number of carbonyl (C=O) groups is 1. The first-order chi connectivity index (χ1) is 12.1. The van der Waals surface area contributed by atoms with Gasteiger partial charge in [0.2, 0.25) is 11.7 Å². The van der Waals surface area contributed by atoms with Gasteiger partial charge in [0.15, 0.2) is 11.5 Å². The van der Waals surface area contributed by atoms with Gasteiger partial charge in [0.25, 0.3) is 0 Å². The van der Waals surface area contributed by atoms with Crippen molar-refractivity contribution in [3.63, 3.8) is 0 Å². The van der Waals surface area contributed by atoms with Crippen LogP contribution in [0, 0.1) is 5.82 Å². The summed E-state index contributed by atoms with van der Waals surface area (Å²) in [4.78, 5) is 12.0. The average molecular weight is 347 g/mol. The number of hydrogen-bond donors (Lipinski definition) is 1. The molecule has 134 valence electrons. The zero-order chi connectivity index (χ0) is 18.2. The molecule has 0 saturated carbocycles. The van der Waals surface area contributed by atoms with Gasteiger partial charge in [-0.15, -0.1) is 0 Å². The summed E-state index contributed by atoms with van der Waals surface area (Å²) in [5.41, 5.74) is 1.29. The van der Waals surface area contributed by atoms with Gasteiger partial charge in [0, 0.05) is 18.5 Å². The average Bonchev–Trinajstić information content (AvgIpc) is 2.64. The largest absolute Gasteiger partial charge is 0.493 e. The van der Waals surface area contributed by atoms with E-state index >= 15 is 0 Å². The van der Waals surface area contributed by atoms with E-state index in [2.05, 4.69) is 5.32 Å². The van der Waals surface area contributed by atoms with Crippen LogP contribution < -0.4 is 19.5 Å². The van der Waals surface area contributed by atoms with Crippen LogP contribution in [0.2, 0.25) is 0 Å². The van der Waals surface area contributed by atoms with E-state index in [1.807, 2.05) is 0 Å². The molecule has 25 heavy (non-hydrogen) atoms. The topological polar surface area (TPSA) is 56.8 Å². The molecule has 0 atom stereocenters. The Balaban J connectivity index is 1.98. The van der Waals surface area contributed by atoms with E-state index in [1.54, 1.807) is 37.4 Å². The fourth-order valence-electron chi connectivity index (χ4n) is 2.53. The second-order valence-corrected chi connectivity index (χ2v) is 5.36. The normalized spacial score (nSPS) is 10.2. The smallest absolute Gasteiger partial charge is 0.220 e. The Bertz CT molecular complexity index is 733. The highest BCUT2D eigenvalue weighted by Gasteiger charge is 2.16. The fraction of sp³-hybridized carbons (Fsp3) is 0.316. The molecule has 1 N–H and O–H groups in total. The van der Waals surface area contributed by atoms with Crippen molar-refractivity contribution in [2.75, 3.05) is 21.3 Å². The van der Waals surface area contributed by atoms with Gasteiger partial charge in [0.05, 0.1) is 21.3 Å². The third-order valence-corrected chi connectivity index (χ3v) is 3.84. The third kappa shape index (κ3) is 4.62. The highest BCUT2D eigenvalue weighted by molar-refractivity contribution is 5.76. The van der Waals surface area contributed by atoms with Gasteiger partial charge in [0.1, 0.15) is 5.82 Å². The molecule has 2 aromatic rings. The van der Waals surface area contributed by atoms with Crippen LogP contribution in [0.4, 0.5) is 4.39 Å². The Labute approximate surface area is 146 Å². The molecule has 0 aliphatic rings. The SMILES string of the molecule is COc1ccc(CNC(=O)CCc2ccccc2F)c(OC)c1OC. The molecule has 0 unspecified atom stereocenters. The van der Waals surface area contributed by atoms with Crippen molar-refractivity contribution in [1.29, 1.82) is 0 Å². The summed E-state index contributed by atoms with van der Waals surface area (Å²) in [5, 5.41) is 2.81. The van der Waals surface area contributed by atoms with Crippen molar-refractivity contribution in [3.8, 4) is 17.2 Å². The monoisotopic (exact) mass is 347 g/mol. The number of aryl methyl sites for hydroxylation is 1. The number of amides is 1. The minimum absolute atomic E-state index is 0.167. The highest BCUT2D eigenvalue weighted by Crippen LogP contribution is 2.39. The molecule has 0 radical (unpaired) electrons. The van der Waals surface area contributed by atoms with Crippen LogP contribution in [0.3, 0.4) is 0 Å².